The zero-order chi connectivity index (χ0) is 26.4. The molecular formula is C27H31ClFN3O3S2. The minimum Gasteiger partial charge on any atom is -0.332 e. The van der Waals surface area contributed by atoms with E-state index in [1.165, 1.54) is 40.7 Å². The van der Waals surface area contributed by atoms with E-state index in [0.717, 1.165) is 41.2 Å². The molecule has 0 spiro atoms. The average Bonchev–Trinajstić information content (AvgIpc) is 3.54. The molecule has 1 aliphatic rings. The van der Waals surface area contributed by atoms with Gasteiger partial charge >= 0.3 is 0 Å². The first-order valence-electron chi connectivity index (χ1n) is 12.3. The lowest BCUT2D eigenvalue weighted by atomic mass is 10.2. The summed E-state index contributed by atoms with van der Waals surface area (Å²) >= 11 is 7.57. The normalized spacial score (nSPS) is 14.4. The first-order valence-corrected chi connectivity index (χ1v) is 14.9. The van der Waals surface area contributed by atoms with Gasteiger partial charge in [0.1, 0.15) is 5.82 Å². The lowest BCUT2D eigenvalue weighted by Crippen LogP contribution is -2.45. The molecule has 198 valence electrons. The van der Waals surface area contributed by atoms with Crippen LogP contribution in [-0.4, -0.2) is 61.2 Å². The molecule has 1 aromatic heterocycles. The Balaban J connectivity index is 1.58. The Kier molecular flexibility index (Phi) is 9.36. The number of hydrogen-bond donors (Lipinski definition) is 0. The lowest BCUT2D eigenvalue weighted by molar-refractivity contribution is -0.132. The van der Waals surface area contributed by atoms with Gasteiger partial charge in [0, 0.05) is 34.4 Å². The third-order valence-electron chi connectivity index (χ3n) is 6.41. The average molecular weight is 564 g/mol. The smallest absolute Gasteiger partial charge is 0.243 e. The molecule has 1 saturated heterocycles. The molecule has 1 aliphatic heterocycles. The molecule has 0 unspecified atom stereocenters. The SMILES string of the molecule is Cc1ccc(CN(Cc2ccc(F)cc2)C(=O)CN(CCN2CCCC2)S(=O)(=O)c2ccc(Cl)cc2)s1. The van der Waals surface area contributed by atoms with Crippen molar-refractivity contribution in [3.05, 3.63) is 86.8 Å². The first kappa shape index (κ1) is 27.7. The molecule has 0 radical (unpaired) electrons. The zero-order valence-electron chi connectivity index (χ0n) is 20.8. The van der Waals surface area contributed by atoms with Crippen LogP contribution in [0, 0.1) is 12.7 Å². The summed E-state index contributed by atoms with van der Waals surface area (Å²) in [6, 6.07) is 16.0. The van der Waals surface area contributed by atoms with Crippen LogP contribution in [0.5, 0.6) is 0 Å². The number of hydrogen-bond acceptors (Lipinski definition) is 5. The van der Waals surface area contributed by atoms with E-state index in [1.807, 2.05) is 19.1 Å². The minimum atomic E-state index is -3.93. The van der Waals surface area contributed by atoms with Gasteiger partial charge in [-0.3, -0.25) is 4.79 Å². The van der Waals surface area contributed by atoms with E-state index >= 15 is 0 Å². The van der Waals surface area contributed by atoms with Crippen LogP contribution in [0.1, 0.15) is 28.2 Å². The maximum atomic E-state index is 13.7. The summed E-state index contributed by atoms with van der Waals surface area (Å²) < 4.78 is 42.0. The fourth-order valence-electron chi connectivity index (χ4n) is 4.35. The maximum absolute atomic E-state index is 13.7. The van der Waals surface area contributed by atoms with Gasteiger partial charge < -0.3 is 9.80 Å². The van der Waals surface area contributed by atoms with Crippen LogP contribution in [-0.2, 0) is 27.9 Å². The van der Waals surface area contributed by atoms with Crippen LogP contribution in [0.25, 0.3) is 0 Å². The summed E-state index contributed by atoms with van der Waals surface area (Å²) in [6.07, 6.45) is 2.18. The van der Waals surface area contributed by atoms with E-state index in [2.05, 4.69) is 4.90 Å². The molecule has 10 heteroatoms. The van der Waals surface area contributed by atoms with Crippen molar-refractivity contribution in [1.82, 2.24) is 14.1 Å². The van der Waals surface area contributed by atoms with Gasteiger partial charge in [-0.05, 0) is 86.9 Å². The zero-order valence-corrected chi connectivity index (χ0v) is 23.2. The number of aryl methyl sites for hydroxylation is 1. The molecule has 3 aromatic rings. The number of carbonyl (C=O) groups is 1. The Bertz CT molecular complexity index is 1290. The van der Waals surface area contributed by atoms with Crippen molar-refractivity contribution < 1.29 is 17.6 Å². The number of halogens is 2. The molecule has 4 rings (SSSR count). The van der Waals surface area contributed by atoms with E-state index in [9.17, 15) is 17.6 Å². The summed E-state index contributed by atoms with van der Waals surface area (Å²) in [5, 5.41) is 0.440. The van der Waals surface area contributed by atoms with Crippen molar-refractivity contribution in [2.75, 3.05) is 32.7 Å². The number of carbonyl (C=O) groups excluding carboxylic acids is 1. The van der Waals surface area contributed by atoms with Crippen molar-refractivity contribution in [1.29, 1.82) is 0 Å². The number of rotatable bonds is 11. The second kappa shape index (κ2) is 12.5. The van der Waals surface area contributed by atoms with Gasteiger partial charge in [-0.15, -0.1) is 11.3 Å². The molecule has 0 N–H and O–H groups in total. The van der Waals surface area contributed by atoms with Gasteiger partial charge in [0.2, 0.25) is 15.9 Å². The van der Waals surface area contributed by atoms with E-state index < -0.39 is 10.0 Å². The summed E-state index contributed by atoms with van der Waals surface area (Å²) in [4.78, 5) is 19.8. The number of thiophene rings is 1. The largest absolute Gasteiger partial charge is 0.332 e. The van der Waals surface area contributed by atoms with Crippen LogP contribution in [0.3, 0.4) is 0 Å². The van der Waals surface area contributed by atoms with Crippen molar-refractivity contribution in [3.63, 3.8) is 0 Å². The van der Waals surface area contributed by atoms with Crippen molar-refractivity contribution >= 4 is 38.9 Å². The maximum Gasteiger partial charge on any atom is 0.243 e. The summed E-state index contributed by atoms with van der Waals surface area (Å²) in [6.45, 7) is 4.92. The Morgan fingerprint density at radius 2 is 1.68 bits per heavy atom. The number of benzene rings is 2. The molecule has 1 fully saturated rings. The highest BCUT2D eigenvalue weighted by Gasteiger charge is 2.29. The van der Waals surface area contributed by atoms with Gasteiger partial charge in [0.15, 0.2) is 0 Å². The number of sulfonamides is 1. The minimum absolute atomic E-state index is 0.102. The molecule has 1 amide bonds. The third-order valence-corrected chi connectivity index (χ3v) is 9.51. The predicted octanol–water partition coefficient (Wildman–Crippen LogP) is 5.16. The molecule has 2 heterocycles. The molecule has 0 atom stereocenters. The monoisotopic (exact) mass is 563 g/mol. The molecule has 0 bridgehead atoms. The van der Waals surface area contributed by atoms with Crippen LogP contribution in [0.15, 0.2) is 65.6 Å². The standard InChI is InChI=1S/C27H31ClFN3O3S2/c1-21-4-11-25(36-21)19-31(18-22-5-9-24(29)10-6-22)27(33)20-32(17-16-30-14-2-3-15-30)37(34,35)26-12-7-23(28)8-13-26/h4-13H,2-3,14-20H2,1H3. The lowest BCUT2D eigenvalue weighted by Gasteiger charge is -2.28. The van der Waals surface area contributed by atoms with Crippen LogP contribution in [0.2, 0.25) is 5.02 Å². The predicted molar refractivity (Wildman–Crippen MR) is 146 cm³/mol. The number of nitrogens with zero attached hydrogens (tertiary/aromatic N) is 3. The quantitative estimate of drug-likeness (QED) is 0.323. The number of likely N-dealkylation sites (tertiary alicyclic amines) is 1. The van der Waals surface area contributed by atoms with E-state index in [-0.39, 0.29) is 36.3 Å². The Labute approximate surface area is 227 Å². The fourth-order valence-corrected chi connectivity index (χ4v) is 6.76. The molecule has 6 nitrogen and oxygen atoms in total. The molecule has 2 aromatic carbocycles. The number of amides is 1. The van der Waals surface area contributed by atoms with Crippen LogP contribution >= 0.6 is 22.9 Å². The second-order valence-electron chi connectivity index (χ2n) is 9.23. The molecule has 37 heavy (non-hydrogen) atoms. The highest BCUT2D eigenvalue weighted by molar-refractivity contribution is 7.89. The van der Waals surface area contributed by atoms with Crippen molar-refractivity contribution in [2.24, 2.45) is 0 Å². The van der Waals surface area contributed by atoms with Gasteiger partial charge in [-0.25, -0.2) is 12.8 Å². The van der Waals surface area contributed by atoms with Gasteiger partial charge in [-0.1, -0.05) is 23.7 Å². The summed E-state index contributed by atoms with van der Waals surface area (Å²) in [5.74, 6) is -0.660. The Morgan fingerprint density at radius 1 is 1.00 bits per heavy atom. The van der Waals surface area contributed by atoms with E-state index in [1.54, 1.807) is 28.4 Å². The van der Waals surface area contributed by atoms with E-state index in [4.69, 9.17) is 11.6 Å². The molecule has 0 aliphatic carbocycles. The topological polar surface area (TPSA) is 60.9 Å². The van der Waals surface area contributed by atoms with Gasteiger partial charge in [0.05, 0.1) is 18.0 Å². The highest BCUT2D eigenvalue weighted by Crippen LogP contribution is 2.22. The molecular weight excluding hydrogens is 533 g/mol. The second-order valence-corrected chi connectivity index (χ2v) is 13.0. The fraction of sp³-hybridized carbons (Fsp3) is 0.370. The van der Waals surface area contributed by atoms with Crippen LogP contribution < -0.4 is 0 Å². The first-order chi connectivity index (χ1) is 17.7. The Morgan fingerprint density at radius 3 is 2.30 bits per heavy atom. The highest BCUT2D eigenvalue weighted by atomic mass is 35.5. The third kappa shape index (κ3) is 7.61. The van der Waals surface area contributed by atoms with Gasteiger partial charge in [0.25, 0.3) is 0 Å². The van der Waals surface area contributed by atoms with Crippen molar-refractivity contribution in [3.8, 4) is 0 Å². The molecule has 0 saturated carbocycles. The van der Waals surface area contributed by atoms with Crippen molar-refractivity contribution in [2.45, 2.75) is 37.8 Å². The summed E-state index contributed by atoms with van der Waals surface area (Å²) in [7, 11) is -3.93. The van der Waals surface area contributed by atoms with Gasteiger partial charge in [-0.2, -0.15) is 4.31 Å². The van der Waals surface area contributed by atoms with E-state index in [0.29, 0.717) is 18.1 Å². The summed E-state index contributed by atoms with van der Waals surface area (Å²) in [5.41, 5.74) is 0.771. The Hall–Kier alpha value is -2.30. The van der Waals surface area contributed by atoms with Crippen LogP contribution in [0.4, 0.5) is 4.39 Å².